The van der Waals surface area contributed by atoms with E-state index in [0.717, 1.165) is 18.6 Å². The quantitative estimate of drug-likeness (QED) is 0.845. The Bertz CT molecular complexity index is 347. The Kier molecular flexibility index (Phi) is 3.83. The van der Waals surface area contributed by atoms with Crippen LogP contribution in [0.1, 0.15) is 42.7 Å². The van der Waals surface area contributed by atoms with Crippen LogP contribution in [0.15, 0.2) is 18.2 Å². The molecule has 0 bridgehead atoms. The zero-order valence-corrected chi connectivity index (χ0v) is 9.91. The topological polar surface area (TPSA) is 29.5 Å². The largest absolute Gasteiger partial charge is 0.497 e. The van der Waals surface area contributed by atoms with Gasteiger partial charge in [0.05, 0.1) is 7.11 Å². The fourth-order valence-electron chi connectivity index (χ4n) is 2.64. The van der Waals surface area contributed by atoms with Gasteiger partial charge in [0.2, 0.25) is 0 Å². The first-order valence-corrected chi connectivity index (χ1v) is 6.13. The lowest BCUT2D eigenvalue weighted by Gasteiger charge is -2.25. The third-order valence-corrected chi connectivity index (χ3v) is 3.50. The number of hydrogen-bond donors (Lipinski definition) is 1. The summed E-state index contributed by atoms with van der Waals surface area (Å²) in [6.07, 6.45) is 5.71. The predicted octanol–water partition coefficient (Wildman–Crippen LogP) is 2.89. The van der Waals surface area contributed by atoms with Gasteiger partial charge in [0.1, 0.15) is 5.75 Å². The highest BCUT2D eigenvalue weighted by atomic mass is 16.5. The summed E-state index contributed by atoms with van der Waals surface area (Å²) in [4.78, 5) is 0. The number of hydrogen-bond acceptors (Lipinski definition) is 2. The van der Waals surface area contributed by atoms with Gasteiger partial charge in [0.15, 0.2) is 0 Å². The maximum Gasteiger partial charge on any atom is 0.119 e. The lowest BCUT2D eigenvalue weighted by atomic mass is 9.80. The molecular formula is C14H20O2. The van der Waals surface area contributed by atoms with Crippen molar-refractivity contribution in [2.45, 2.75) is 38.0 Å². The molecule has 0 radical (unpaired) electrons. The van der Waals surface area contributed by atoms with E-state index in [4.69, 9.17) is 9.84 Å². The highest BCUT2D eigenvalue weighted by Crippen LogP contribution is 2.36. The van der Waals surface area contributed by atoms with Gasteiger partial charge in [0, 0.05) is 6.61 Å². The van der Waals surface area contributed by atoms with E-state index in [1.165, 1.54) is 30.4 Å². The van der Waals surface area contributed by atoms with Crippen molar-refractivity contribution in [1.29, 1.82) is 0 Å². The van der Waals surface area contributed by atoms with E-state index < -0.39 is 0 Å². The van der Waals surface area contributed by atoms with Crippen LogP contribution in [0.2, 0.25) is 0 Å². The second-order valence-electron chi connectivity index (χ2n) is 4.52. The van der Waals surface area contributed by atoms with E-state index in [0.29, 0.717) is 12.5 Å². The number of rotatable bonds is 4. The monoisotopic (exact) mass is 220 g/mol. The van der Waals surface area contributed by atoms with Crippen LogP contribution in [0.25, 0.3) is 0 Å². The SMILES string of the molecule is COc1ccc2c(c1)C(CCCO)CCC2. The maximum atomic E-state index is 8.92. The number of aliphatic hydroxyl groups excluding tert-OH is 1. The normalized spacial score (nSPS) is 19.2. The van der Waals surface area contributed by atoms with Crippen LogP contribution >= 0.6 is 0 Å². The number of methoxy groups -OCH3 is 1. The average molecular weight is 220 g/mol. The Hall–Kier alpha value is -1.02. The van der Waals surface area contributed by atoms with Crippen LogP contribution in [0.5, 0.6) is 5.75 Å². The van der Waals surface area contributed by atoms with Gasteiger partial charge in [-0.05, 0) is 61.3 Å². The molecule has 1 unspecified atom stereocenters. The van der Waals surface area contributed by atoms with Gasteiger partial charge in [0.25, 0.3) is 0 Å². The molecule has 2 heteroatoms. The number of fused-ring (bicyclic) bond motifs is 1. The first-order valence-electron chi connectivity index (χ1n) is 6.13. The van der Waals surface area contributed by atoms with Crippen molar-refractivity contribution in [2.24, 2.45) is 0 Å². The first-order chi connectivity index (χ1) is 7.85. The molecule has 1 aromatic carbocycles. The van der Waals surface area contributed by atoms with E-state index in [-0.39, 0.29) is 0 Å². The molecule has 2 rings (SSSR count). The summed E-state index contributed by atoms with van der Waals surface area (Å²) in [6.45, 7) is 0.301. The molecule has 2 nitrogen and oxygen atoms in total. The van der Waals surface area contributed by atoms with Crippen LogP contribution < -0.4 is 4.74 Å². The van der Waals surface area contributed by atoms with Crippen LogP contribution in [0.4, 0.5) is 0 Å². The molecule has 0 saturated heterocycles. The van der Waals surface area contributed by atoms with E-state index in [1.54, 1.807) is 7.11 Å². The van der Waals surface area contributed by atoms with Crippen molar-refractivity contribution >= 4 is 0 Å². The minimum atomic E-state index is 0.301. The lowest BCUT2D eigenvalue weighted by molar-refractivity contribution is 0.277. The smallest absolute Gasteiger partial charge is 0.119 e. The van der Waals surface area contributed by atoms with Gasteiger partial charge in [-0.25, -0.2) is 0 Å². The van der Waals surface area contributed by atoms with Gasteiger partial charge in [-0.3, -0.25) is 0 Å². The predicted molar refractivity (Wildman–Crippen MR) is 65.0 cm³/mol. The van der Waals surface area contributed by atoms with Crippen molar-refractivity contribution in [3.05, 3.63) is 29.3 Å². The standard InChI is InChI=1S/C14H20O2/c1-16-13-8-7-12-5-2-4-11(6-3-9-15)14(12)10-13/h7-8,10-11,15H,2-6,9H2,1H3. The Labute approximate surface area is 97.3 Å². The molecule has 1 atom stereocenters. The summed E-state index contributed by atoms with van der Waals surface area (Å²) in [6, 6.07) is 6.42. The maximum absolute atomic E-state index is 8.92. The summed E-state index contributed by atoms with van der Waals surface area (Å²) in [7, 11) is 1.72. The van der Waals surface area contributed by atoms with Gasteiger partial charge in [-0.1, -0.05) is 6.07 Å². The molecule has 1 aliphatic carbocycles. The van der Waals surface area contributed by atoms with E-state index in [2.05, 4.69) is 12.1 Å². The van der Waals surface area contributed by atoms with Crippen LogP contribution in [0, 0.1) is 0 Å². The van der Waals surface area contributed by atoms with Crippen molar-refractivity contribution in [3.8, 4) is 5.75 Å². The summed E-state index contributed by atoms with van der Waals surface area (Å²) in [5.41, 5.74) is 2.91. The van der Waals surface area contributed by atoms with Gasteiger partial charge < -0.3 is 9.84 Å². The molecule has 0 aliphatic heterocycles. The summed E-state index contributed by atoms with van der Waals surface area (Å²) >= 11 is 0. The lowest BCUT2D eigenvalue weighted by Crippen LogP contribution is -2.10. The number of aliphatic hydroxyl groups is 1. The molecule has 0 heterocycles. The Balaban J connectivity index is 2.21. The Morgan fingerprint density at radius 2 is 2.31 bits per heavy atom. The van der Waals surface area contributed by atoms with Gasteiger partial charge in [-0.2, -0.15) is 0 Å². The third kappa shape index (κ3) is 2.38. The molecule has 88 valence electrons. The molecule has 0 amide bonds. The molecular weight excluding hydrogens is 200 g/mol. The van der Waals surface area contributed by atoms with Crippen molar-refractivity contribution in [2.75, 3.05) is 13.7 Å². The van der Waals surface area contributed by atoms with Crippen molar-refractivity contribution < 1.29 is 9.84 Å². The molecule has 1 aromatic rings. The summed E-state index contributed by atoms with van der Waals surface area (Å²) in [5, 5.41) is 8.92. The highest BCUT2D eigenvalue weighted by molar-refractivity contribution is 5.39. The Morgan fingerprint density at radius 1 is 1.44 bits per heavy atom. The zero-order valence-electron chi connectivity index (χ0n) is 9.91. The number of ether oxygens (including phenoxy) is 1. The molecule has 1 N–H and O–H groups in total. The van der Waals surface area contributed by atoms with Gasteiger partial charge >= 0.3 is 0 Å². The Morgan fingerprint density at radius 3 is 3.06 bits per heavy atom. The minimum absolute atomic E-state index is 0.301. The molecule has 0 aromatic heterocycles. The molecule has 0 saturated carbocycles. The van der Waals surface area contributed by atoms with E-state index in [9.17, 15) is 0 Å². The van der Waals surface area contributed by atoms with Crippen molar-refractivity contribution in [1.82, 2.24) is 0 Å². The fraction of sp³-hybridized carbons (Fsp3) is 0.571. The second-order valence-corrected chi connectivity index (χ2v) is 4.52. The fourth-order valence-corrected chi connectivity index (χ4v) is 2.64. The number of benzene rings is 1. The van der Waals surface area contributed by atoms with Crippen LogP contribution in [-0.2, 0) is 6.42 Å². The first kappa shape index (κ1) is 11.5. The van der Waals surface area contributed by atoms with Crippen LogP contribution in [0.3, 0.4) is 0 Å². The molecule has 0 spiro atoms. The number of aryl methyl sites for hydroxylation is 1. The van der Waals surface area contributed by atoms with Crippen LogP contribution in [-0.4, -0.2) is 18.8 Å². The summed E-state index contributed by atoms with van der Waals surface area (Å²) < 4.78 is 5.28. The molecule has 1 aliphatic rings. The second kappa shape index (κ2) is 5.35. The average Bonchev–Trinajstić information content (AvgIpc) is 2.35. The van der Waals surface area contributed by atoms with Crippen molar-refractivity contribution in [3.63, 3.8) is 0 Å². The third-order valence-electron chi connectivity index (χ3n) is 3.50. The molecule has 0 fully saturated rings. The highest BCUT2D eigenvalue weighted by Gasteiger charge is 2.20. The zero-order chi connectivity index (χ0) is 11.4. The minimum Gasteiger partial charge on any atom is -0.497 e. The summed E-state index contributed by atoms with van der Waals surface area (Å²) in [5.74, 6) is 1.57. The van der Waals surface area contributed by atoms with E-state index >= 15 is 0 Å². The van der Waals surface area contributed by atoms with Gasteiger partial charge in [-0.15, -0.1) is 0 Å². The van der Waals surface area contributed by atoms with E-state index in [1.807, 2.05) is 6.07 Å². The molecule has 16 heavy (non-hydrogen) atoms.